The Kier molecular flexibility index (Phi) is 4.96. The van der Waals surface area contributed by atoms with Gasteiger partial charge in [-0.15, -0.1) is 0 Å². The van der Waals surface area contributed by atoms with Gasteiger partial charge in [-0.3, -0.25) is 9.79 Å². The SMILES string of the molecule is CCCN=C1NC(=Cc2ccccc2)C(=O)N1c1cccc(Cl)c1. The van der Waals surface area contributed by atoms with Gasteiger partial charge in [-0.1, -0.05) is 54.9 Å². The Balaban J connectivity index is 1.99. The van der Waals surface area contributed by atoms with Crippen LogP contribution in [-0.2, 0) is 4.79 Å². The molecule has 2 aromatic rings. The summed E-state index contributed by atoms with van der Waals surface area (Å²) in [6.07, 6.45) is 2.73. The van der Waals surface area contributed by atoms with Crippen molar-refractivity contribution in [2.24, 2.45) is 4.99 Å². The number of amides is 1. The molecule has 1 aliphatic heterocycles. The fourth-order valence-electron chi connectivity index (χ4n) is 2.44. The van der Waals surface area contributed by atoms with E-state index in [1.807, 2.05) is 55.5 Å². The zero-order valence-corrected chi connectivity index (χ0v) is 14.1. The van der Waals surface area contributed by atoms with Gasteiger partial charge < -0.3 is 5.32 Å². The van der Waals surface area contributed by atoms with Gasteiger partial charge in [0.1, 0.15) is 5.70 Å². The van der Waals surface area contributed by atoms with Crippen molar-refractivity contribution in [3.05, 3.63) is 70.9 Å². The van der Waals surface area contributed by atoms with Gasteiger partial charge in [0.2, 0.25) is 5.96 Å². The standard InChI is InChI=1S/C19H18ClN3O/c1-2-11-21-19-22-17(12-14-7-4-3-5-8-14)18(24)23(19)16-10-6-9-15(20)13-16/h3-10,12-13H,2,11H2,1H3,(H,21,22). The summed E-state index contributed by atoms with van der Waals surface area (Å²) in [6.45, 7) is 2.69. The van der Waals surface area contributed by atoms with Gasteiger partial charge in [-0.2, -0.15) is 0 Å². The number of guanidine groups is 1. The molecule has 4 nitrogen and oxygen atoms in total. The first-order valence-corrected chi connectivity index (χ1v) is 8.25. The number of nitrogens with zero attached hydrogens (tertiary/aromatic N) is 2. The second kappa shape index (κ2) is 7.32. The normalized spacial score (nSPS) is 17.6. The highest BCUT2D eigenvalue weighted by molar-refractivity contribution is 6.32. The van der Waals surface area contributed by atoms with Gasteiger partial charge >= 0.3 is 0 Å². The molecule has 1 fully saturated rings. The average Bonchev–Trinajstić information content (AvgIpc) is 2.89. The van der Waals surface area contributed by atoms with Gasteiger partial charge in [0, 0.05) is 11.6 Å². The average molecular weight is 340 g/mol. The van der Waals surface area contributed by atoms with E-state index in [1.165, 1.54) is 0 Å². The predicted molar refractivity (Wildman–Crippen MR) is 99.1 cm³/mol. The molecule has 0 bridgehead atoms. The zero-order valence-electron chi connectivity index (χ0n) is 13.4. The van der Waals surface area contributed by atoms with E-state index in [-0.39, 0.29) is 5.91 Å². The summed E-state index contributed by atoms with van der Waals surface area (Å²) in [5.41, 5.74) is 2.15. The summed E-state index contributed by atoms with van der Waals surface area (Å²) < 4.78 is 0. The lowest BCUT2D eigenvalue weighted by atomic mass is 10.2. The Morgan fingerprint density at radius 1 is 1.17 bits per heavy atom. The summed E-state index contributed by atoms with van der Waals surface area (Å²) in [6, 6.07) is 16.9. The number of benzene rings is 2. The molecule has 3 rings (SSSR count). The van der Waals surface area contributed by atoms with Crippen molar-refractivity contribution in [1.29, 1.82) is 0 Å². The quantitative estimate of drug-likeness (QED) is 0.853. The molecule has 24 heavy (non-hydrogen) atoms. The highest BCUT2D eigenvalue weighted by Gasteiger charge is 2.33. The highest BCUT2D eigenvalue weighted by atomic mass is 35.5. The van der Waals surface area contributed by atoms with E-state index in [4.69, 9.17) is 11.6 Å². The van der Waals surface area contributed by atoms with Crippen molar-refractivity contribution in [1.82, 2.24) is 5.32 Å². The van der Waals surface area contributed by atoms with Crippen LogP contribution in [0, 0.1) is 0 Å². The summed E-state index contributed by atoms with van der Waals surface area (Å²) in [5.74, 6) is 0.391. The Hall–Kier alpha value is -2.59. The second-order valence-electron chi connectivity index (χ2n) is 5.42. The van der Waals surface area contributed by atoms with Gasteiger partial charge in [0.15, 0.2) is 0 Å². The van der Waals surface area contributed by atoms with E-state index in [0.29, 0.717) is 28.9 Å². The third-order valence-electron chi connectivity index (χ3n) is 3.55. The van der Waals surface area contributed by atoms with Crippen LogP contribution < -0.4 is 10.2 Å². The van der Waals surface area contributed by atoms with E-state index in [1.54, 1.807) is 17.0 Å². The van der Waals surface area contributed by atoms with Gasteiger partial charge in [0.25, 0.3) is 5.91 Å². The summed E-state index contributed by atoms with van der Waals surface area (Å²) in [7, 11) is 0. The molecule has 1 heterocycles. The van der Waals surface area contributed by atoms with Crippen LogP contribution >= 0.6 is 11.6 Å². The molecule has 1 amide bonds. The second-order valence-corrected chi connectivity index (χ2v) is 5.86. The first kappa shape index (κ1) is 16.3. The van der Waals surface area contributed by atoms with Crippen LogP contribution in [0.25, 0.3) is 6.08 Å². The van der Waals surface area contributed by atoms with Gasteiger partial charge in [0.05, 0.1) is 5.69 Å². The fraction of sp³-hybridized carbons (Fsp3) is 0.158. The highest BCUT2D eigenvalue weighted by Crippen LogP contribution is 2.25. The van der Waals surface area contributed by atoms with Crippen molar-refractivity contribution in [3.63, 3.8) is 0 Å². The van der Waals surface area contributed by atoms with Crippen LogP contribution in [0.1, 0.15) is 18.9 Å². The van der Waals surface area contributed by atoms with E-state index in [0.717, 1.165) is 12.0 Å². The molecule has 0 saturated carbocycles. The number of rotatable bonds is 4. The lowest BCUT2D eigenvalue weighted by Gasteiger charge is -2.15. The number of halogens is 1. The molecule has 1 N–H and O–H groups in total. The van der Waals surface area contributed by atoms with Crippen molar-refractivity contribution < 1.29 is 4.79 Å². The molecule has 0 radical (unpaired) electrons. The molecule has 2 aromatic carbocycles. The fourth-order valence-corrected chi connectivity index (χ4v) is 2.63. The molecule has 0 spiro atoms. The Morgan fingerprint density at radius 3 is 2.67 bits per heavy atom. The zero-order chi connectivity index (χ0) is 16.9. The minimum Gasteiger partial charge on any atom is -0.321 e. The van der Waals surface area contributed by atoms with E-state index in [9.17, 15) is 4.79 Å². The van der Waals surface area contributed by atoms with Crippen molar-refractivity contribution in [2.75, 3.05) is 11.4 Å². The number of nitrogens with one attached hydrogen (secondary N) is 1. The summed E-state index contributed by atoms with van der Waals surface area (Å²) >= 11 is 6.08. The Morgan fingerprint density at radius 2 is 1.96 bits per heavy atom. The molecule has 1 saturated heterocycles. The number of anilines is 1. The number of carbonyl (C=O) groups is 1. The van der Waals surface area contributed by atoms with E-state index in [2.05, 4.69) is 10.3 Å². The van der Waals surface area contributed by atoms with E-state index < -0.39 is 0 Å². The molecule has 122 valence electrons. The number of aliphatic imine (C=N–C) groups is 1. The lowest BCUT2D eigenvalue weighted by molar-refractivity contribution is -0.113. The van der Waals surface area contributed by atoms with Crippen molar-refractivity contribution >= 4 is 35.2 Å². The summed E-state index contributed by atoms with van der Waals surface area (Å²) in [5, 5.41) is 3.72. The van der Waals surface area contributed by atoms with Crippen LogP contribution in [0.3, 0.4) is 0 Å². The Labute approximate surface area is 146 Å². The van der Waals surface area contributed by atoms with Crippen LogP contribution in [0.5, 0.6) is 0 Å². The van der Waals surface area contributed by atoms with Crippen LogP contribution in [0.15, 0.2) is 65.3 Å². The minimum absolute atomic E-state index is 0.143. The molecule has 0 unspecified atom stereocenters. The predicted octanol–water partition coefficient (Wildman–Crippen LogP) is 4.08. The first-order chi connectivity index (χ1) is 11.7. The third kappa shape index (κ3) is 3.49. The number of carbonyl (C=O) groups excluding carboxylic acids is 1. The first-order valence-electron chi connectivity index (χ1n) is 7.87. The van der Waals surface area contributed by atoms with Crippen molar-refractivity contribution in [2.45, 2.75) is 13.3 Å². The Bertz CT molecular complexity index is 799. The molecule has 0 aromatic heterocycles. The molecule has 0 aliphatic carbocycles. The molecular formula is C19H18ClN3O. The smallest absolute Gasteiger partial charge is 0.281 e. The van der Waals surface area contributed by atoms with Gasteiger partial charge in [-0.25, -0.2) is 4.90 Å². The number of hydrogen-bond acceptors (Lipinski definition) is 2. The molecular weight excluding hydrogens is 322 g/mol. The number of hydrogen-bond donors (Lipinski definition) is 1. The molecule has 5 heteroatoms. The van der Waals surface area contributed by atoms with Crippen LogP contribution in [-0.4, -0.2) is 18.4 Å². The molecule has 1 aliphatic rings. The van der Waals surface area contributed by atoms with E-state index >= 15 is 0 Å². The largest absolute Gasteiger partial charge is 0.321 e. The third-order valence-corrected chi connectivity index (χ3v) is 3.79. The maximum atomic E-state index is 12.9. The topological polar surface area (TPSA) is 44.7 Å². The monoisotopic (exact) mass is 339 g/mol. The van der Waals surface area contributed by atoms with Crippen LogP contribution in [0.4, 0.5) is 5.69 Å². The van der Waals surface area contributed by atoms with Crippen molar-refractivity contribution in [3.8, 4) is 0 Å². The van der Waals surface area contributed by atoms with Gasteiger partial charge in [-0.05, 0) is 36.3 Å². The lowest BCUT2D eigenvalue weighted by Crippen LogP contribution is -2.32. The maximum absolute atomic E-state index is 12.9. The van der Waals surface area contributed by atoms with Crippen LogP contribution in [0.2, 0.25) is 5.02 Å². The summed E-state index contributed by atoms with van der Waals surface area (Å²) in [4.78, 5) is 18.9. The molecule has 0 atom stereocenters. The maximum Gasteiger partial charge on any atom is 0.281 e. The minimum atomic E-state index is -0.143.